The lowest BCUT2D eigenvalue weighted by molar-refractivity contribution is 0.395. The molecule has 3 rings (SSSR count). The zero-order chi connectivity index (χ0) is 20.3. The monoisotopic (exact) mass is 374 g/mol. The summed E-state index contributed by atoms with van der Waals surface area (Å²) in [4.78, 5) is 6.45. The first-order valence-electron chi connectivity index (χ1n) is 8.69. The number of rotatable bonds is 5. The van der Waals surface area contributed by atoms with Gasteiger partial charge in [0.25, 0.3) is 0 Å². The highest BCUT2D eigenvalue weighted by atomic mass is 16.5. The van der Waals surface area contributed by atoms with E-state index in [4.69, 9.17) is 15.2 Å². The molecule has 1 heterocycles. The molecule has 0 spiro atoms. The van der Waals surface area contributed by atoms with Gasteiger partial charge < -0.3 is 20.1 Å². The van der Waals surface area contributed by atoms with Gasteiger partial charge in [-0.25, -0.2) is 4.98 Å². The van der Waals surface area contributed by atoms with Crippen LogP contribution >= 0.6 is 0 Å². The molecule has 28 heavy (non-hydrogen) atoms. The molecule has 0 amide bonds. The van der Waals surface area contributed by atoms with Crippen molar-refractivity contribution < 1.29 is 9.47 Å². The Balaban J connectivity index is 2.18. The molecule has 0 aliphatic heterocycles. The zero-order valence-electron chi connectivity index (χ0n) is 16.4. The third-order valence-electron chi connectivity index (χ3n) is 4.54. The van der Waals surface area contributed by atoms with Crippen LogP contribution in [0.15, 0.2) is 48.5 Å². The summed E-state index contributed by atoms with van der Waals surface area (Å²) in [5.74, 6) is 1.48. The molecule has 0 saturated heterocycles. The van der Waals surface area contributed by atoms with Crippen LogP contribution in [0.25, 0.3) is 22.4 Å². The van der Waals surface area contributed by atoms with Crippen LogP contribution in [0.5, 0.6) is 11.5 Å². The van der Waals surface area contributed by atoms with Crippen LogP contribution in [0.4, 0.5) is 11.5 Å². The largest absolute Gasteiger partial charge is 0.497 e. The number of benzene rings is 2. The van der Waals surface area contributed by atoms with Gasteiger partial charge in [-0.05, 0) is 35.9 Å². The zero-order valence-corrected chi connectivity index (χ0v) is 16.4. The highest BCUT2D eigenvalue weighted by Gasteiger charge is 2.16. The Labute approximate surface area is 164 Å². The number of hydrogen-bond donors (Lipinski definition) is 1. The Morgan fingerprint density at radius 3 is 2.25 bits per heavy atom. The Morgan fingerprint density at radius 2 is 1.68 bits per heavy atom. The third kappa shape index (κ3) is 3.55. The van der Waals surface area contributed by atoms with Crippen LogP contribution in [0.1, 0.15) is 5.56 Å². The van der Waals surface area contributed by atoms with Gasteiger partial charge in [0.15, 0.2) is 0 Å². The van der Waals surface area contributed by atoms with Gasteiger partial charge in [-0.15, -0.1) is 0 Å². The fraction of sp³-hybridized carbons (Fsp3) is 0.182. The Hall–Kier alpha value is -3.72. The molecule has 0 aliphatic rings. The Morgan fingerprint density at radius 1 is 0.964 bits per heavy atom. The molecule has 2 aromatic carbocycles. The van der Waals surface area contributed by atoms with Crippen molar-refractivity contribution >= 4 is 11.5 Å². The minimum Gasteiger partial charge on any atom is -0.497 e. The van der Waals surface area contributed by atoms with E-state index in [0.29, 0.717) is 22.8 Å². The molecule has 0 bridgehead atoms. The summed E-state index contributed by atoms with van der Waals surface area (Å²) in [6, 6.07) is 17.5. The molecule has 2 N–H and O–H groups in total. The number of nitrogens with two attached hydrogens (primary N) is 1. The van der Waals surface area contributed by atoms with Gasteiger partial charge in [0.05, 0.1) is 19.9 Å². The SMILES string of the molecule is COc1ccc(-c2cc(-c3ccc(N(C)C)cc3)c(C#N)c(N)n2)c(OC)c1. The number of anilines is 2. The van der Waals surface area contributed by atoms with Crippen LogP contribution in [-0.2, 0) is 0 Å². The van der Waals surface area contributed by atoms with Gasteiger partial charge >= 0.3 is 0 Å². The first kappa shape index (κ1) is 19.1. The van der Waals surface area contributed by atoms with Crippen LogP contribution in [0.3, 0.4) is 0 Å². The van der Waals surface area contributed by atoms with Gasteiger partial charge in [-0.1, -0.05) is 12.1 Å². The molecule has 6 heteroatoms. The van der Waals surface area contributed by atoms with E-state index in [-0.39, 0.29) is 5.82 Å². The van der Waals surface area contributed by atoms with Gasteiger partial charge in [-0.2, -0.15) is 5.26 Å². The van der Waals surface area contributed by atoms with Crippen molar-refractivity contribution in [2.24, 2.45) is 0 Å². The average molecular weight is 374 g/mol. The second kappa shape index (κ2) is 7.89. The van der Waals surface area contributed by atoms with Gasteiger partial charge in [0.2, 0.25) is 0 Å². The highest BCUT2D eigenvalue weighted by Crippen LogP contribution is 2.37. The maximum absolute atomic E-state index is 9.61. The van der Waals surface area contributed by atoms with Crippen molar-refractivity contribution in [1.82, 2.24) is 4.98 Å². The molecule has 3 aromatic rings. The average Bonchev–Trinajstić information content (AvgIpc) is 2.72. The molecular formula is C22H22N4O2. The van der Waals surface area contributed by atoms with Gasteiger partial charge in [0.1, 0.15) is 28.9 Å². The first-order chi connectivity index (χ1) is 13.5. The molecule has 0 aliphatic carbocycles. The third-order valence-corrected chi connectivity index (χ3v) is 4.54. The van der Waals surface area contributed by atoms with Gasteiger partial charge in [-0.3, -0.25) is 0 Å². The Kier molecular flexibility index (Phi) is 5.37. The standard InChI is InChI=1S/C22H22N4O2/c1-26(2)15-7-5-14(6-8-15)18-12-20(25-22(24)19(18)13-23)17-10-9-16(27-3)11-21(17)28-4/h5-12H,1-4H3,(H2,24,25). The maximum Gasteiger partial charge on any atom is 0.142 e. The number of nitrogen functional groups attached to an aromatic ring is 1. The van der Waals surface area contributed by atoms with E-state index in [2.05, 4.69) is 11.1 Å². The summed E-state index contributed by atoms with van der Waals surface area (Å²) >= 11 is 0. The lowest BCUT2D eigenvalue weighted by atomic mass is 9.98. The summed E-state index contributed by atoms with van der Waals surface area (Å²) in [5, 5.41) is 9.61. The van der Waals surface area contributed by atoms with Crippen molar-refractivity contribution in [1.29, 1.82) is 5.26 Å². The van der Waals surface area contributed by atoms with Crippen molar-refractivity contribution in [3.05, 3.63) is 54.1 Å². The number of ether oxygens (including phenoxy) is 2. The van der Waals surface area contributed by atoms with Crippen LogP contribution < -0.4 is 20.1 Å². The first-order valence-corrected chi connectivity index (χ1v) is 8.69. The van der Waals surface area contributed by atoms with Crippen molar-refractivity contribution in [3.8, 4) is 40.0 Å². The summed E-state index contributed by atoms with van der Waals surface area (Å²) in [6.45, 7) is 0. The summed E-state index contributed by atoms with van der Waals surface area (Å²) in [6.07, 6.45) is 0. The molecule has 0 atom stereocenters. The fourth-order valence-electron chi connectivity index (χ4n) is 3.00. The fourth-order valence-corrected chi connectivity index (χ4v) is 3.00. The maximum atomic E-state index is 9.61. The second-order valence-electron chi connectivity index (χ2n) is 6.43. The molecule has 0 fully saturated rings. The number of hydrogen-bond acceptors (Lipinski definition) is 6. The number of nitriles is 1. The van der Waals surface area contributed by atoms with Crippen LogP contribution in [-0.4, -0.2) is 33.3 Å². The van der Waals surface area contributed by atoms with E-state index in [1.807, 2.05) is 61.5 Å². The van der Waals surface area contributed by atoms with Crippen molar-refractivity contribution in [2.75, 3.05) is 38.9 Å². The molecule has 0 radical (unpaired) electrons. The lowest BCUT2D eigenvalue weighted by Gasteiger charge is -2.15. The topological polar surface area (TPSA) is 84.4 Å². The quantitative estimate of drug-likeness (QED) is 0.728. The van der Waals surface area contributed by atoms with E-state index in [0.717, 1.165) is 22.4 Å². The smallest absolute Gasteiger partial charge is 0.142 e. The number of aromatic nitrogens is 1. The predicted molar refractivity (Wildman–Crippen MR) is 112 cm³/mol. The normalized spacial score (nSPS) is 10.2. The minimum absolute atomic E-state index is 0.185. The molecule has 0 saturated carbocycles. The Bertz CT molecular complexity index is 1040. The second-order valence-corrected chi connectivity index (χ2v) is 6.43. The number of nitrogens with zero attached hydrogens (tertiary/aromatic N) is 3. The molecular weight excluding hydrogens is 352 g/mol. The predicted octanol–water partition coefficient (Wildman–Crippen LogP) is 3.95. The van der Waals surface area contributed by atoms with E-state index >= 15 is 0 Å². The number of methoxy groups -OCH3 is 2. The summed E-state index contributed by atoms with van der Waals surface area (Å²) in [5.41, 5.74) is 10.6. The van der Waals surface area contributed by atoms with Gasteiger partial charge in [0, 0.05) is 37.0 Å². The lowest BCUT2D eigenvalue weighted by Crippen LogP contribution is -2.08. The van der Waals surface area contributed by atoms with E-state index in [1.54, 1.807) is 20.3 Å². The number of pyridine rings is 1. The van der Waals surface area contributed by atoms with Crippen LogP contribution in [0, 0.1) is 11.3 Å². The summed E-state index contributed by atoms with van der Waals surface area (Å²) < 4.78 is 10.8. The summed E-state index contributed by atoms with van der Waals surface area (Å²) in [7, 11) is 7.15. The molecule has 142 valence electrons. The van der Waals surface area contributed by atoms with Crippen LogP contribution in [0.2, 0.25) is 0 Å². The molecule has 6 nitrogen and oxygen atoms in total. The molecule has 1 aromatic heterocycles. The van der Waals surface area contributed by atoms with E-state index < -0.39 is 0 Å². The minimum atomic E-state index is 0.185. The molecule has 0 unspecified atom stereocenters. The van der Waals surface area contributed by atoms with E-state index in [9.17, 15) is 5.26 Å². The van der Waals surface area contributed by atoms with E-state index in [1.165, 1.54) is 0 Å². The van der Waals surface area contributed by atoms with Crippen molar-refractivity contribution in [3.63, 3.8) is 0 Å². The highest BCUT2D eigenvalue weighted by molar-refractivity contribution is 5.82. The van der Waals surface area contributed by atoms with Crippen molar-refractivity contribution in [2.45, 2.75) is 0 Å².